The zero-order chi connectivity index (χ0) is 14.8. The Balaban J connectivity index is 2.26. The number of pyridine rings is 1. The average Bonchev–Trinajstić information content (AvgIpc) is 2.75. The molecule has 0 aromatic carbocycles. The number of aryl methyl sites for hydroxylation is 1. The molecule has 0 fully saturated rings. The van der Waals surface area contributed by atoms with Crippen LogP contribution >= 0.6 is 15.9 Å². The van der Waals surface area contributed by atoms with Crippen LogP contribution in [0.3, 0.4) is 0 Å². The van der Waals surface area contributed by atoms with E-state index in [0.29, 0.717) is 6.54 Å². The highest BCUT2D eigenvalue weighted by Gasteiger charge is 2.18. The predicted molar refractivity (Wildman–Crippen MR) is 80.9 cm³/mol. The Morgan fingerprint density at radius 3 is 2.75 bits per heavy atom. The summed E-state index contributed by atoms with van der Waals surface area (Å²) in [4.78, 5) is 4.22. The summed E-state index contributed by atoms with van der Waals surface area (Å²) in [6, 6.07) is 4.96. The normalized spacial score (nSPS) is 11.6. The first-order valence-corrected chi connectivity index (χ1v) is 8.14. The molecule has 0 saturated carbocycles. The van der Waals surface area contributed by atoms with Crippen molar-refractivity contribution in [1.29, 1.82) is 0 Å². The number of nitrogens with zero attached hydrogens (tertiary/aromatic N) is 2. The van der Waals surface area contributed by atoms with E-state index in [2.05, 4.69) is 31.0 Å². The Bertz CT molecular complexity index is 695. The van der Waals surface area contributed by atoms with Gasteiger partial charge in [0.25, 0.3) is 10.0 Å². The topological polar surface area (TPSA) is 76.0 Å². The van der Waals surface area contributed by atoms with E-state index in [9.17, 15) is 8.42 Å². The molecule has 2 heterocycles. The van der Waals surface area contributed by atoms with Gasteiger partial charge in [0.15, 0.2) is 0 Å². The molecule has 0 bridgehead atoms. The number of aromatic nitrogens is 2. The number of rotatable bonds is 5. The molecule has 2 aromatic heterocycles. The summed E-state index contributed by atoms with van der Waals surface area (Å²) in [5.41, 5.74) is 0.886. The maximum absolute atomic E-state index is 12.3. The van der Waals surface area contributed by atoms with Gasteiger partial charge in [0.05, 0.1) is 0 Å². The highest BCUT2D eigenvalue weighted by atomic mass is 79.9. The summed E-state index contributed by atoms with van der Waals surface area (Å²) in [5.74, 6) is 0.284. The fraction of sp³-hybridized carbons (Fsp3) is 0.250. The minimum atomic E-state index is -3.62. The largest absolute Gasteiger partial charge is 0.352 e. The van der Waals surface area contributed by atoms with Crippen LogP contribution in [0.2, 0.25) is 0 Å². The molecule has 0 aliphatic rings. The molecule has 0 unspecified atom stereocenters. The van der Waals surface area contributed by atoms with E-state index in [1.54, 1.807) is 29.0 Å². The summed E-state index contributed by atoms with van der Waals surface area (Å²) >= 11 is 3.25. The predicted octanol–water partition coefficient (Wildman–Crippen LogP) is 1.70. The number of hydrogen-bond donors (Lipinski definition) is 2. The monoisotopic (exact) mass is 358 g/mol. The van der Waals surface area contributed by atoms with Crippen molar-refractivity contribution in [2.45, 2.75) is 11.4 Å². The second-order valence-electron chi connectivity index (χ2n) is 4.28. The van der Waals surface area contributed by atoms with Crippen molar-refractivity contribution in [2.24, 2.45) is 7.05 Å². The van der Waals surface area contributed by atoms with Gasteiger partial charge < -0.3 is 9.88 Å². The summed E-state index contributed by atoms with van der Waals surface area (Å²) in [5, 5.41) is 2.99. The standard InChI is InChI=1S/C12H15BrN4O2S/c1-14-7-10-5-11(8-17(10)2)20(18,19)16-12-4-3-9(13)6-15-12/h3-6,8,14H,7H2,1-2H3,(H,15,16). The van der Waals surface area contributed by atoms with E-state index in [1.165, 1.54) is 6.20 Å². The van der Waals surface area contributed by atoms with Crippen LogP contribution in [0.15, 0.2) is 40.0 Å². The van der Waals surface area contributed by atoms with Gasteiger partial charge in [-0.05, 0) is 41.2 Å². The number of sulfonamides is 1. The Morgan fingerprint density at radius 2 is 2.15 bits per heavy atom. The minimum Gasteiger partial charge on any atom is -0.352 e. The second kappa shape index (κ2) is 5.94. The van der Waals surface area contributed by atoms with Crippen molar-refractivity contribution in [3.63, 3.8) is 0 Å². The van der Waals surface area contributed by atoms with Gasteiger partial charge in [-0.3, -0.25) is 4.72 Å². The summed E-state index contributed by atoms with van der Waals surface area (Å²) in [6.45, 7) is 0.600. The van der Waals surface area contributed by atoms with E-state index < -0.39 is 10.0 Å². The van der Waals surface area contributed by atoms with Gasteiger partial charge >= 0.3 is 0 Å². The van der Waals surface area contributed by atoms with Gasteiger partial charge in [0, 0.05) is 36.2 Å². The van der Waals surface area contributed by atoms with Crippen LogP contribution in [0.5, 0.6) is 0 Å². The molecular formula is C12H15BrN4O2S. The Kier molecular flexibility index (Phi) is 4.46. The molecule has 8 heteroatoms. The molecule has 0 aliphatic carbocycles. The van der Waals surface area contributed by atoms with Gasteiger partial charge in [-0.15, -0.1) is 0 Å². The lowest BCUT2D eigenvalue weighted by atomic mass is 10.4. The van der Waals surface area contributed by atoms with Crippen LogP contribution in [0, 0.1) is 0 Å². The fourth-order valence-corrected chi connectivity index (χ4v) is 3.05. The fourth-order valence-electron chi connectivity index (χ4n) is 1.71. The van der Waals surface area contributed by atoms with E-state index in [4.69, 9.17) is 0 Å². The molecule has 0 amide bonds. The van der Waals surface area contributed by atoms with Crippen molar-refractivity contribution >= 4 is 31.8 Å². The second-order valence-corrected chi connectivity index (χ2v) is 6.87. The van der Waals surface area contributed by atoms with E-state index >= 15 is 0 Å². The number of hydrogen-bond acceptors (Lipinski definition) is 4. The van der Waals surface area contributed by atoms with E-state index in [0.717, 1.165) is 10.2 Å². The van der Waals surface area contributed by atoms with Crippen LogP contribution in [0.1, 0.15) is 5.69 Å². The van der Waals surface area contributed by atoms with Crippen LogP contribution < -0.4 is 10.0 Å². The van der Waals surface area contributed by atoms with Crippen molar-refractivity contribution < 1.29 is 8.42 Å². The van der Waals surface area contributed by atoms with Crippen molar-refractivity contribution in [1.82, 2.24) is 14.9 Å². The number of nitrogens with one attached hydrogen (secondary N) is 2. The molecule has 108 valence electrons. The summed E-state index contributed by atoms with van der Waals surface area (Å²) in [7, 11) is -0.00279. The smallest absolute Gasteiger partial charge is 0.264 e. The van der Waals surface area contributed by atoms with Gasteiger partial charge in [-0.1, -0.05) is 0 Å². The van der Waals surface area contributed by atoms with Crippen LogP contribution in [-0.2, 0) is 23.6 Å². The zero-order valence-electron chi connectivity index (χ0n) is 11.1. The van der Waals surface area contributed by atoms with Crippen molar-refractivity contribution in [3.05, 3.63) is 40.8 Å². The molecule has 0 aliphatic heterocycles. The Hall–Kier alpha value is -1.38. The molecule has 2 aromatic rings. The van der Waals surface area contributed by atoms with Gasteiger partial charge in [0.1, 0.15) is 10.7 Å². The van der Waals surface area contributed by atoms with Gasteiger partial charge in [-0.25, -0.2) is 13.4 Å². The van der Waals surface area contributed by atoms with E-state index in [1.807, 2.05) is 14.1 Å². The molecule has 0 spiro atoms. The summed E-state index contributed by atoms with van der Waals surface area (Å²) < 4.78 is 29.5. The SMILES string of the molecule is CNCc1cc(S(=O)(=O)Nc2ccc(Br)cn2)cn1C. The lowest BCUT2D eigenvalue weighted by Crippen LogP contribution is -2.13. The Labute approximate surface area is 126 Å². The van der Waals surface area contributed by atoms with Gasteiger partial charge in [-0.2, -0.15) is 0 Å². The third-order valence-corrected chi connectivity index (χ3v) is 4.51. The average molecular weight is 359 g/mol. The maximum atomic E-state index is 12.3. The zero-order valence-corrected chi connectivity index (χ0v) is 13.5. The first-order valence-electron chi connectivity index (χ1n) is 5.86. The van der Waals surface area contributed by atoms with Gasteiger partial charge in [0.2, 0.25) is 0 Å². The first-order chi connectivity index (χ1) is 9.42. The molecule has 20 heavy (non-hydrogen) atoms. The van der Waals surface area contributed by atoms with E-state index in [-0.39, 0.29) is 10.7 Å². The Morgan fingerprint density at radius 1 is 1.40 bits per heavy atom. The third kappa shape index (κ3) is 3.38. The highest BCUT2D eigenvalue weighted by molar-refractivity contribution is 9.10. The quantitative estimate of drug-likeness (QED) is 0.852. The van der Waals surface area contributed by atoms with Crippen molar-refractivity contribution in [3.8, 4) is 0 Å². The third-order valence-electron chi connectivity index (χ3n) is 2.72. The van der Waals surface area contributed by atoms with Crippen molar-refractivity contribution in [2.75, 3.05) is 11.8 Å². The first kappa shape index (κ1) is 15.0. The van der Waals surface area contributed by atoms with Crippen LogP contribution in [-0.4, -0.2) is 25.0 Å². The van der Waals surface area contributed by atoms with Crippen LogP contribution in [0.25, 0.3) is 0 Å². The minimum absolute atomic E-state index is 0.218. The lowest BCUT2D eigenvalue weighted by molar-refractivity contribution is 0.601. The molecule has 0 atom stereocenters. The highest BCUT2D eigenvalue weighted by Crippen LogP contribution is 2.18. The maximum Gasteiger partial charge on any atom is 0.264 e. The van der Waals surface area contributed by atoms with Crippen LogP contribution in [0.4, 0.5) is 5.82 Å². The molecule has 6 nitrogen and oxygen atoms in total. The molecular weight excluding hydrogens is 344 g/mol. The lowest BCUT2D eigenvalue weighted by Gasteiger charge is -2.05. The number of halogens is 1. The molecule has 2 N–H and O–H groups in total. The molecule has 0 radical (unpaired) electrons. The molecule has 0 saturated heterocycles. The molecule has 2 rings (SSSR count). The number of anilines is 1. The summed E-state index contributed by atoms with van der Waals surface area (Å²) in [6.07, 6.45) is 3.11.